The van der Waals surface area contributed by atoms with Crippen LogP contribution in [0, 0.1) is 10.1 Å². The molecule has 2 aromatic rings. The third kappa shape index (κ3) is 3.07. The maximum absolute atomic E-state index is 11.9. The molecule has 0 unspecified atom stereocenters. The number of pyridine rings is 1. The summed E-state index contributed by atoms with van der Waals surface area (Å²) in [6.07, 6.45) is 6.02. The number of imidazole rings is 1. The Labute approximate surface area is 113 Å². The summed E-state index contributed by atoms with van der Waals surface area (Å²) in [5.41, 5.74) is 5.26. The summed E-state index contributed by atoms with van der Waals surface area (Å²) >= 11 is 0. The second kappa shape index (κ2) is 5.78. The fourth-order valence-corrected chi connectivity index (χ4v) is 1.56. The largest absolute Gasteiger partial charge is 0.383 e. The van der Waals surface area contributed by atoms with E-state index in [4.69, 9.17) is 5.73 Å². The van der Waals surface area contributed by atoms with E-state index in [1.54, 1.807) is 23.3 Å². The van der Waals surface area contributed by atoms with Crippen molar-refractivity contribution in [2.24, 2.45) is 0 Å². The molecule has 0 aliphatic heterocycles. The van der Waals surface area contributed by atoms with Gasteiger partial charge in [0.1, 0.15) is 12.0 Å². The van der Waals surface area contributed by atoms with Crippen LogP contribution in [0.15, 0.2) is 31.0 Å². The van der Waals surface area contributed by atoms with Crippen LogP contribution in [0.25, 0.3) is 0 Å². The van der Waals surface area contributed by atoms with Crippen molar-refractivity contribution in [3.8, 4) is 0 Å². The Balaban J connectivity index is 2.01. The lowest BCUT2D eigenvalue weighted by molar-refractivity contribution is -0.385. The fraction of sp³-hybridized carbons (Fsp3) is 0.182. The maximum atomic E-state index is 11.9. The van der Waals surface area contributed by atoms with Crippen LogP contribution in [-0.2, 0) is 6.54 Å². The number of carbonyl (C=O) groups excluding carboxylic acids is 1. The molecule has 0 aromatic carbocycles. The van der Waals surface area contributed by atoms with Crippen molar-refractivity contribution in [2.75, 3.05) is 12.3 Å². The number of aromatic nitrogens is 3. The molecule has 0 spiro atoms. The standard InChI is InChI=1S/C11H12N6O3/c12-10-9(5-8(6-15-10)17(19)20)11(18)14-2-4-16-3-1-13-7-16/h1,3,5-7H,2,4H2,(H2,12,15)(H,14,18). The Morgan fingerprint density at radius 1 is 1.55 bits per heavy atom. The van der Waals surface area contributed by atoms with Crippen LogP contribution in [0.4, 0.5) is 11.5 Å². The van der Waals surface area contributed by atoms with Gasteiger partial charge in [-0.3, -0.25) is 14.9 Å². The number of nitro groups is 1. The number of hydrogen-bond acceptors (Lipinski definition) is 6. The molecule has 0 fully saturated rings. The Morgan fingerprint density at radius 3 is 3.00 bits per heavy atom. The number of nitrogens with two attached hydrogens (primary N) is 1. The lowest BCUT2D eigenvalue weighted by atomic mass is 10.2. The average Bonchev–Trinajstić information content (AvgIpc) is 2.92. The van der Waals surface area contributed by atoms with Crippen LogP contribution in [-0.4, -0.2) is 31.9 Å². The normalized spacial score (nSPS) is 10.2. The number of nitrogens with one attached hydrogen (secondary N) is 1. The Bertz CT molecular complexity index is 625. The van der Waals surface area contributed by atoms with Gasteiger partial charge in [0, 0.05) is 31.5 Å². The van der Waals surface area contributed by atoms with Gasteiger partial charge in [0.15, 0.2) is 0 Å². The van der Waals surface area contributed by atoms with Crippen LogP contribution in [0.1, 0.15) is 10.4 Å². The molecule has 104 valence electrons. The van der Waals surface area contributed by atoms with E-state index in [1.165, 1.54) is 0 Å². The molecule has 1 amide bonds. The molecule has 2 rings (SSSR count). The minimum atomic E-state index is -0.630. The smallest absolute Gasteiger partial charge is 0.288 e. The third-order valence-corrected chi connectivity index (χ3v) is 2.57. The molecule has 9 heteroatoms. The van der Waals surface area contributed by atoms with Crippen LogP contribution < -0.4 is 11.1 Å². The molecular formula is C11H12N6O3. The summed E-state index contributed by atoms with van der Waals surface area (Å²) in [6, 6.07) is 1.11. The first-order chi connectivity index (χ1) is 9.58. The molecule has 0 radical (unpaired) electrons. The van der Waals surface area contributed by atoms with Crippen LogP contribution in [0.5, 0.6) is 0 Å². The molecule has 3 N–H and O–H groups in total. The molecule has 0 aliphatic carbocycles. The van der Waals surface area contributed by atoms with Gasteiger partial charge < -0.3 is 15.6 Å². The highest BCUT2D eigenvalue weighted by atomic mass is 16.6. The van der Waals surface area contributed by atoms with E-state index in [0.717, 1.165) is 12.3 Å². The van der Waals surface area contributed by atoms with Crippen molar-refractivity contribution in [3.63, 3.8) is 0 Å². The lowest BCUT2D eigenvalue weighted by Gasteiger charge is -2.07. The molecule has 0 saturated heterocycles. The van der Waals surface area contributed by atoms with E-state index in [1.807, 2.05) is 0 Å². The summed E-state index contributed by atoms with van der Waals surface area (Å²) < 4.78 is 1.79. The topological polar surface area (TPSA) is 129 Å². The molecule has 9 nitrogen and oxygen atoms in total. The van der Waals surface area contributed by atoms with Crippen molar-refractivity contribution in [1.29, 1.82) is 0 Å². The molecule has 0 atom stereocenters. The zero-order valence-corrected chi connectivity index (χ0v) is 10.4. The zero-order chi connectivity index (χ0) is 14.5. The van der Waals surface area contributed by atoms with Crippen molar-refractivity contribution in [2.45, 2.75) is 6.54 Å². The van der Waals surface area contributed by atoms with Gasteiger partial charge in [-0.2, -0.15) is 0 Å². The van der Waals surface area contributed by atoms with Gasteiger partial charge in [-0.1, -0.05) is 0 Å². The minimum absolute atomic E-state index is 0.00942. The van der Waals surface area contributed by atoms with E-state index in [9.17, 15) is 14.9 Å². The van der Waals surface area contributed by atoms with E-state index < -0.39 is 10.8 Å². The lowest BCUT2D eigenvalue weighted by Crippen LogP contribution is -2.28. The second-order valence-corrected chi connectivity index (χ2v) is 3.94. The van der Waals surface area contributed by atoms with Crippen molar-refractivity contribution in [1.82, 2.24) is 19.9 Å². The van der Waals surface area contributed by atoms with Gasteiger partial charge >= 0.3 is 0 Å². The molecule has 2 heterocycles. The number of amides is 1. The Kier molecular flexibility index (Phi) is 3.89. The molecule has 20 heavy (non-hydrogen) atoms. The highest BCUT2D eigenvalue weighted by molar-refractivity contribution is 5.98. The Hall–Kier alpha value is -2.97. The number of anilines is 1. The first kappa shape index (κ1) is 13.5. The van der Waals surface area contributed by atoms with E-state index in [-0.39, 0.29) is 17.1 Å². The predicted octanol–water partition coefficient (Wildman–Crippen LogP) is 0.198. The molecule has 0 saturated carbocycles. The molecule has 0 aliphatic rings. The monoisotopic (exact) mass is 276 g/mol. The highest BCUT2D eigenvalue weighted by Crippen LogP contribution is 2.16. The number of hydrogen-bond donors (Lipinski definition) is 2. The third-order valence-electron chi connectivity index (χ3n) is 2.57. The van der Waals surface area contributed by atoms with Crippen molar-refractivity contribution in [3.05, 3.63) is 46.7 Å². The van der Waals surface area contributed by atoms with E-state index in [0.29, 0.717) is 13.1 Å². The summed E-state index contributed by atoms with van der Waals surface area (Å²) in [4.78, 5) is 29.4. The summed E-state index contributed by atoms with van der Waals surface area (Å²) in [6.45, 7) is 0.880. The van der Waals surface area contributed by atoms with Crippen molar-refractivity contribution < 1.29 is 9.72 Å². The quantitative estimate of drug-likeness (QED) is 0.592. The van der Waals surface area contributed by atoms with E-state index >= 15 is 0 Å². The SMILES string of the molecule is Nc1ncc([N+](=O)[O-])cc1C(=O)NCCn1ccnc1. The minimum Gasteiger partial charge on any atom is -0.383 e. The zero-order valence-electron chi connectivity index (χ0n) is 10.4. The average molecular weight is 276 g/mol. The molecular weight excluding hydrogens is 264 g/mol. The number of carbonyl (C=O) groups is 1. The number of nitrogens with zero attached hydrogens (tertiary/aromatic N) is 4. The Morgan fingerprint density at radius 2 is 2.35 bits per heavy atom. The van der Waals surface area contributed by atoms with Gasteiger partial charge in [-0.15, -0.1) is 0 Å². The molecule has 2 aromatic heterocycles. The van der Waals surface area contributed by atoms with Crippen LogP contribution in [0.2, 0.25) is 0 Å². The number of rotatable bonds is 5. The fourth-order valence-electron chi connectivity index (χ4n) is 1.56. The van der Waals surface area contributed by atoms with Crippen LogP contribution >= 0.6 is 0 Å². The summed E-state index contributed by atoms with van der Waals surface area (Å²) in [5, 5.41) is 13.3. The summed E-state index contributed by atoms with van der Waals surface area (Å²) in [7, 11) is 0. The number of nitrogen functional groups attached to an aromatic ring is 1. The predicted molar refractivity (Wildman–Crippen MR) is 69.9 cm³/mol. The van der Waals surface area contributed by atoms with Gasteiger partial charge in [0.25, 0.3) is 11.6 Å². The van der Waals surface area contributed by atoms with E-state index in [2.05, 4.69) is 15.3 Å². The summed E-state index contributed by atoms with van der Waals surface area (Å²) in [5.74, 6) is -0.547. The highest BCUT2D eigenvalue weighted by Gasteiger charge is 2.16. The molecule has 0 bridgehead atoms. The van der Waals surface area contributed by atoms with Crippen LogP contribution in [0.3, 0.4) is 0 Å². The van der Waals surface area contributed by atoms with Gasteiger partial charge in [-0.25, -0.2) is 9.97 Å². The first-order valence-electron chi connectivity index (χ1n) is 5.72. The second-order valence-electron chi connectivity index (χ2n) is 3.94. The maximum Gasteiger partial charge on any atom is 0.288 e. The first-order valence-corrected chi connectivity index (χ1v) is 5.72. The van der Waals surface area contributed by atoms with Gasteiger partial charge in [0.05, 0.1) is 16.8 Å². The van der Waals surface area contributed by atoms with Crippen molar-refractivity contribution >= 4 is 17.4 Å². The van der Waals surface area contributed by atoms with Gasteiger partial charge in [-0.05, 0) is 0 Å². The van der Waals surface area contributed by atoms with Gasteiger partial charge in [0.2, 0.25) is 0 Å².